The van der Waals surface area contributed by atoms with Crippen LogP contribution in [-0.2, 0) is 0 Å². The molecule has 0 rings (SSSR count). The first kappa shape index (κ1) is 11.0. The van der Waals surface area contributed by atoms with Crippen molar-refractivity contribution in [1.82, 2.24) is 5.32 Å². The molecule has 0 saturated carbocycles. The number of nitrogens with one attached hydrogen (secondary N) is 1. The monoisotopic (exact) mass is 157 g/mol. The van der Waals surface area contributed by atoms with Gasteiger partial charge in [0.05, 0.1) is 0 Å². The zero-order valence-corrected chi connectivity index (χ0v) is 8.86. The lowest BCUT2D eigenvalue weighted by atomic mass is 9.95. The van der Waals surface area contributed by atoms with E-state index in [4.69, 9.17) is 0 Å². The Morgan fingerprint density at radius 2 is 1.55 bits per heavy atom. The van der Waals surface area contributed by atoms with E-state index in [1.54, 1.807) is 0 Å². The molecule has 11 heavy (non-hydrogen) atoms. The Labute approximate surface area is 71.6 Å². The third kappa shape index (κ3) is 6.36. The fraction of sp³-hybridized carbons (Fsp3) is 1.00. The van der Waals surface area contributed by atoms with Gasteiger partial charge < -0.3 is 5.32 Å². The summed E-state index contributed by atoms with van der Waals surface area (Å²) in [6.07, 6.45) is 0. The van der Waals surface area contributed by atoms with E-state index < -0.39 is 0 Å². The average Bonchev–Trinajstić information content (AvgIpc) is 1.80. The van der Waals surface area contributed by atoms with E-state index in [1.165, 1.54) is 0 Å². The molecule has 0 fully saturated rings. The van der Waals surface area contributed by atoms with Crippen LogP contribution in [0.15, 0.2) is 0 Å². The van der Waals surface area contributed by atoms with Gasteiger partial charge >= 0.3 is 0 Å². The minimum atomic E-state index is 0.406. The molecule has 0 heterocycles. The molecular weight excluding hydrogens is 134 g/mol. The molecule has 1 N–H and O–H groups in total. The van der Waals surface area contributed by atoms with Crippen LogP contribution in [0.25, 0.3) is 0 Å². The predicted octanol–water partition coefficient (Wildman–Crippen LogP) is 2.67. The first-order chi connectivity index (χ1) is 4.83. The zero-order valence-electron chi connectivity index (χ0n) is 8.86. The molecule has 0 aliphatic rings. The Morgan fingerprint density at radius 1 is 1.09 bits per heavy atom. The summed E-state index contributed by atoms with van der Waals surface area (Å²) in [5.74, 6) is 0.734. The maximum atomic E-state index is 3.52. The van der Waals surface area contributed by atoms with Crippen LogP contribution in [0.5, 0.6) is 0 Å². The van der Waals surface area contributed by atoms with Crippen LogP contribution >= 0.6 is 0 Å². The molecule has 0 amide bonds. The van der Waals surface area contributed by atoms with Crippen LogP contribution in [0, 0.1) is 11.3 Å². The molecule has 0 aromatic heterocycles. The smallest absolute Gasteiger partial charge is 0.00619 e. The lowest BCUT2D eigenvalue weighted by Gasteiger charge is -2.24. The highest BCUT2D eigenvalue weighted by molar-refractivity contribution is 4.70. The van der Waals surface area contributed by atoms with Crippen molar-refractivity contribution in [3.63, 3.8) is 0 Å². The lowest BCUT2D eigenvalue weighted by Crippen LogP contribution is -2.36. The third-order valence-electron chi connectivity index (χ3n) is 1.95. The highest BCUT2D eigenvalue weighted by atomic mass is 14.9. The second-order valence-electron chi connectivity index (χ2n) is 4.97. The van der Waals surface area contributed by atoms with Crippen LogP contribution < -0.4 is 5.32 Å². The highest BCUT2D eigenvalue weighted by Gasteiger charge is 2.12. The molecule has 1 heteroatoms. The summed E-state index contributed by atoms with van der Waals surface area (Å²) in [5, 5.41) is 3.52. The Balaban J connectivity index is 3.54. The summed E-state index contributed by atoms with van der Waals surface area (Å²) in [4.78, 5) is 0. The minimum Gasteiger partial charge on any atom is -0.313 e. The Bertz CT molecular complexity index is 99.9. The van der Waals surface area contributed by atoms with Gasteiger partial charge in [0.25, 0.3) is 0 Å². The second kappa shape index (κ2) is 4.10. The van der Waals surface area contributed by atoms with E-state index in [0.717, 1.165) is 12.5 Å². The van der Waals surface area contributed by atoms with E-state index >= 15 is 0 Å². The van der Waals surface area contributed by atoms with Gasteiger partial charge in [0.2, 0.25) is 0 Å². The summed E-state index contributed by atoms with van der Waals surface area (Å²) in [6, 6.07) is 0.634. The summed E-state index contributed by atoms with van der Waals surface area (Å²) in [6.45, 7) is 14.6. The van der Waals surface area contributed by atoms with Crippen LogP contribution in [0.4, 0.5) is 0 Å². The van der Waals surface area contributed by atoms with E-state index in [-0.39, 0.29) is 0 Å². The van der Waals surface area contributed by atoms with Crippen molar-refractivity contribution >= 4 is 0 Å². The fourth-order valence-electron chi connectivity index (χ4n) is 0.703. The SMILES string of the molecule is CC(C)[C@H](C)NCC(C)(C)C. The molecule has 0 spiro atoms. The summed E-state index contributed by atoms with van der Waals surface area (Å²) in [5.41, 5.74) is 0.406. The summed E-state index contributed by atoms with van der Waals surface area (Å²) >= 11 is 0. The number of rotatable bonds is 3. The topological polar surface area (TPSA) is 12.0 Å². The maximum absolute atomic E-state index is 3.52. The quantitative estimate of drug-likeness (QED) is 0.664. The van der Waals surface area contributed by atoms with Crippen molar-refractivity contribution in [2.24, 2.45) is 11.3 Å². The van der Waals surface area contributed by atoms with E-state index in [1.807, 2.05) is 0 Å². The zero-order chi connectivity index (χ0) is 9.07. The standard InChI is InChI=1S/C10H23N/c1-8(2)9(3)11-7-10(4,5)6/h8-9,11H,7H2,1-6H3/t9-/m0/s1. The van der Waals surface area contributed by atoms with Crippen molar-refractivity contribution in [3.8, 4) is 0 Å². The van der Waals surface area contributed by atoms with E-state index in [2.05, 4.69) is 46.9 Å². The van der Waals surface area contributed by atoms with E-state index in [9.17, 15) is 0 Å². The van der Waals surface area contributed by atoms with Crippen molar-refractivity contribution in [1.29, 1.82) is 0 Å². The van der Waals surface area contributed by atoms with Crippen LogP contribution in [-0.4, -0.2) is 12.6 Å². The molecular formula is C10H23N. The Kier molecular flexibility index (Phi) is 4.09. The molecule has 0 aromatic rings. The molecule has 0 radical (unpaired) electrons. The molecule has 1 nitrogen and oxygen atoms in total. The Hall–Kier alpha value is -0.0400. The highest BCUT2D eigenvalue weighted by Crippen LogP contribution is 2.11. The number of hydrogen-bond donors (Lipinski definition) is 1. The van der Waals surface area contributed by atoms with Crippen LogP contribution in [0.2, 0.25) is 0 Å². The van der Waals surface area contributed by atoms with Gasteiger partial charge in [-0.1, -0.05) is 34.6 Å². The summed E-state index contributed by atoms with van der Waals surface area (Å²) in [7, 11) is 0. The maximum Gasteiger partial charge on any atom is 0.00619 e. The van der Waals surface area contributed by atoms with Gasteiger partial charge in [0, 0.05) is 12.6 Å². The molecule has 0 aromatic carbocycles. The number of hydrogen-bond acceptors (Lipinski definition) is 1. The van der Waals surface area contributed by atoms with Crippen LogP contribution in [0.1, 0.15) is 41.5 Å². The van der Waals surface area contributed by atoms with Gasteiger partial charge in [-0.05, 0) is 18.3 Å². The molecule has 68 valence electrons. The molecule has 0 aliphatic carbocycles. The van der Waals surface area contributed by atoms with Gasteiger partial charge in [-0.2, -0.15) is 0 Å². The molecule has 0 aliphatic heterocycles. The largest absolute Gasteiger partial charge is 0.313 e. The first-order valence-electron chi connectivity index (χ1n) is 4.56. The van der Waals surface area contributed by atoms with Crippen molar-refractivity contribution < 1.29 is 0 Å². The minimum absolute atomic E-state index is 0.406. The normalized spacial score (nSPS) is 15.5. The average molecular weight is 157 g/mol. The van der Waals surface area contributed by atoms with Crippen molar-refractivity contribution in [2.45, 2.75) is 47.6 Å². The lowest BCUT2D eigenvalue weighted by molar-refractivity contribution is 0.326. The van der Waals surface area contributed by atoms with Gasteiger partial charge in [-0.25, -0.2) is 0 Å². The van der Waals surface area contributed by atoms with Crippen LogP contribution in [0.3, 0.4) is 0 Å². The van der Waals surface area contributed by atoms with Gasteiger partial charge in [-0.15, -0.1) is 0 Å². The van der Waals surface area contributed by atoms with Crippen molar-refractivity contribution in [2.75, 3.05) is 6.54 Å². The molecule has 0 bridgehead atoms. The molecule has 0 unspecified atom stereocenters. The summed E-state index contributed by atoms with van der Waals surface area (Å²) < 4.78 is 0. The van der Waals surface area contributed by atoms with Gasteiger partial charge in [0.1, 0.15) is 0 Å². The molecule has 1 atom stereocenters. The third-order valence-corrected chi connectivity index (χ3v) is 1.95. The molecule has 0 saturated heterocycles. The first-order valence-corrected chi connectivity index (χ1v) is 4.56. The van der Waals surface area contributed by atoms with Gasteiger partial charge in [0.15, 0.2) is 0 Å². The fourth-order valence-corrected chi connectivity index (χ4v) is 0.703. The predicted molar refractivity (Wildman–Crippen MR) is 51.8 cm³/mol. The van der Waals surface area contributed by atoms with E-state index in [0.29, 0.717) is 11.5 Å². The van der Waals surface area contributed by atoms with Crippen molar-refractivity contribution in [3.05, 3.63) is 0 Å². The van der Waals surface area contributed by atoms with Gasteiger partial charge in [-0.3, -0.25) is 0 Å². The Morgan fingerprint density at radius 3 is 1.82 bits per heavy atom. The second-order valence-corrected chi connectivity index (χ2v) is 4.97.